The average Bonchev–Trinajstić information content (AvgIpc) is 3.56. The van der Waals surface area contributed by atoms with Crippen LogP contribution in [-0.2, 0) is 13.5 Å². The molecule has 4 nitrogen and oxygen atoms in total. The third-order valence-corrected chi connectivity index (χ3v) is 10.1. The van der Waals surface area contributed by atoms with Crippen LogP contribution < -0.4 is 9.54 Å². The molecule has 0 radical (unpaired) electrons. The number of hydrogen-bond acceptors (Lipinski definition) is 4. The van der Waals surface area contributed by atoms with Gasteiger partial charge in [-0.25, -0.2) is 0 Å². The van der Waals surface area contributed by atoms with Crippen LogP contribution in [0, 0.1) is 0 Å². The van der Waals surface area contributed by atoms with Gasteiger partial charge in [0.25, 0.3) is 0 Å². The van der Waals surface area contributed by atoms with E-state index in [1.165, 1.54) is 33.5 Å². The van der Waals surface area contributed by atoms with Crippen molar-refractivity contribution in [1.82, 2.24) is 9.47 Å². The van der Waals surface area contributed by atoms with Crippen molar-refractivity contribution in [2.24, 2.45) is 12.0 Å². The zero-order valence-electron chi connectivity index (χ0n) is 25.0. The number of fused-ring (bicyclic) bond motifs is 1. The molecule has 0 bridgehead atoms. The van der Waals surface area contributed by atoms with E-state index in [0.29, 0.717) is 16.5 Å². The third-order valence-electron chi connectivity index (χ3n) is 8.50. The number of allylic oxidation sites excluding steroid dienone is 1. The summed E-state index contributed by atoms with van der Waals surface area (Å²) in [6.07, 6.45) is 4.57. The first-order chi connectivity index (χ1) is 20.9. The summed E-state index contributed by atoms with van der Waals surface area (Å²) in [5.74, 6) is 0.860. The van der Waals surface area contributed by atoms with Crippen LogP contribution in [0.2, 0.25) is 10.0 Å². The second-order valence-electron chi connectivity index (χ2n) is 11.3. The Balaban J connectivity index is 0.00000384. The predicted octanol–water partition coefficient (Wildman–Crippen LogP) is 9.12. The maximum absolute atomic E-state index is 12.6. The Bertz CT molecular complexity index is 1710. The highest BCUT2D eigenvalue weighted by atomic mass is 35.5. The molecule has 2 aliphatic rings. The van der Waals surface area contributed by atoms with Gasteiger partial charge >= 0.3 is 0 Å². The topological polar surface area (TPSA) is 29.8 Å². The summed E-state index contributed by atoms with van der Waals surface area (Å²) in [6, 6.07) is 21.1. The Labute approximate surface area is 279 Å². The Morgan fingerprint density at radius 3 is 2.50 bits per heavy atom. The Hall–Kier alpha value is -2.61. The first-order valence-corrected chi connectivity index (χ1v) is 16.5. The molecular formula is C35H37Cl3FN3OS. The molecule has 44 heavy (non-hydrogen) atoms. The van der Waals surface area contributed by atoms with Gasteiger partial charge in [-0.2, -0.15) is 0 Å². The molecule has 0 amide bonds. The molecule has 0 saturated carbocycles. The molecule has 6 rings (SSSR count). The normalized spacial score (nSPS) is 17.4. The molecule has 1 aliphatic heterocycles. The number of likely N-dealkylation sites (tertiary alicyclic amines) is 1. The van der Waals surface area contributed by atoms with Gasteiger partial charge in [0.05, 0.1) is 12.4 Å². The molecule has 1 atom stereocenters. The number of alkyl halides is 1. The van der Waals surface area contributed by atoms with Crippen LogP contribution in [0.4, 0.5) is 4.39 Å². The second kappa shape index (κ2) is 14.7. The molecule has 232 valence electrons. The highest BCUT2D eigenvalue weighted by molar-refractivity contribution is 7.07. The summed E-state index contributed by atoms with van der Waals surface area (Å²) in [5, 5.41) is 3.48. The van der Waals surface area contributed by atoms with Gasteiger partial charge in [-0.15, -0.1) is 23.7 Å². The number of thiazole rings is 1. The van der Waals surface area contributed by atoms with Gasteiger partial charge in [0, 0.05) is 49.2 Å². The molecule has 1 saturated heterocycles. The lowest BCUT2D eigenvalue weighted by Gasteiger charge is -2.19. The highest BCUT2D eigenvalue weighted by Gasteiger charge is 2.25. The zero-order chi connectivity index (χ0) is 29.9. The van der Waals surface area contributed by atoms with Crippen molar-refractivity contribution in [2.75, 3.05) is 33.4 Å². The molecule has 2 heterocycles. The fourth-order valence-electron chi connectivity index (χ4n) is 6.39. The van der Waals surface area contributed by atoms with Crippen LogP contribution in [0.1, 0.15) is 47.9 Å². The van der Waals surface area contributed by atoms with Crippen LogP contribution in [0.25, 0.3) is 22.4 Å². The summed E-state index contributed by atoms with van der Waals surface area (Å²) < 4.78 is 21.1. The minimum Gasteiger partial charge on any atom is -0.489 e. The molecule has 1 aliphatic carbocycles. The zero-order valence-corrected chi connectivity index (χ0v) is 28.1. The number of rotatable bonds is 8. The number of aryl methyl sites for hydroxylation is 1. The van der Waals surface area contributed by atoms with Crippen molar-refractivity contribution in [2.45, 2.75) is 38.2 Å². The molecular weight excluding hydrogens is 636 g/mol. The number of benzene rings is 3. The fraction of sp³-hybridized carbons (Fsp3) is 0.343. The van der Waals surface area contributed by atoms with Crippen molar-refractivity contribution in [3.63, 3.8) is 0 Å². The number of hydrogen-bond donors (Lipinski definition) is 0. The predicted molar refractivity (Wildman–Crippen MR) is 185 cm³/mol. The van der Waals surface area contributed by atoms with E-state index >= 15 is 0 Å². The van der Waals surface area contributed by atoms with Crippen LogP contribution in [0.5, 0.6) is 5.75 Å². The molecule has 1 unspecified atom stereocenters. The van der Waals surface area contributed by atoms with Gasteiger partial charge < -0.3 is 9.30 Å². The lowest BCUT2D eigenvalue weighted by molar-refractivity contribution is 0.198. The van der Waals surface area contributed by atoms with Crippen molar-refractivity contribution in [3.05, 3.63) is 103 Å². The van der Waals surface area contributed by atoms with Gasteiger partial charge in [0.15, 0.2) is 4.80 Å². The van der Waals surface area contributed by atoms with E-state index in [-0.39, 0.29) is 25.2 Å². The van der Waals surface area contributed by atoms with E-state index in [0.717, 1.165) is 67.0 Å². The summed E-state index contributed by atoms with van der Waals surface area (Å²) in [5.41, 5.74) is 9.51. The lowest BCUT2D eigenvalue weighted by Crippen LogP contribution is -2.26. The van der Waals surface area contributed by atoms with Gasteiger partial charge in [-0.05, 0) is 101 Å². The van der Waals surface area contributed by atoms with Crippen molar-refractivity contribution >= 4 is 58.1 Å². The van der Waals surface area contributed by atoms with Crippen LogP contribution in [-0.4, -0.2) is 48.9 Å². The Morgan fingerprint density at radius 2 is 1.77 bits per heavy atom. The smallest absolute Gasteiger partial charge is 0.184 e. The van der Waals surface area contributed by atoms with Gasteiger partial charge in [0.2, 0.25) is 0 Å². The second-order valence-corrected chi connectivity index (χ2v) is 13.0. The maximum atomic E-state index is 12.6. The van der Waals surface area contributed by atoms with Crippen LogP contribution in [0.15, 0.2) is 71.0 Å². The molecule has 1 fully saturated rings. The highest BCUT2D eigenvalue weighted by Crippen LogP contribution is 2.43. The molecule has 0 N–H and O–H groups in total. The van der Waals surface area contributed by atoms with E-state index in [4.69, 9.17) is 27.9 Å². The number of nitrogens with zero attached hydrogens (tertiary/aromatic N) is 3. The first kappa shape index (κ1) is 32.8. The molecule has 0 spiro atoms. The summed E-state index contributed by atoms with van der Waals surface area (Å²) in [7, 11) is 3.91. The number of ether oxygens (including phenoxy) is 1. The maximum Gasteiger partial charge on any atom is 0.184 e. The van der Waals surface area contributed by atoms with Crippen molar-refractivity contribution in [1.29, 1.82) is 0 Å². The van der Waals surface area contributed by atoms with E-state index in [1.54, 1.807) is 11.3 Å². The Morgan fingerprint density at radius 1 is 1.00 bits per heavy atom. The van der Waals surface area contributed by atoms with Crippen molar-refractivity contribution in [3.8, 4) is 17.0 Å². The average molecular weight is 673 g/mol. The Kier molecular flexibility index (Phi) is 10.9. The summed E-state index contributed by atoms with van der Waals surface area (Å²) in [4.78, 5) is 7.69. The molecule has 9 heteroatoms. The molecule has 4 aromatic rings. The lowest BCUT2D eigenvalue weighted by atomic mass is 9.87. The quantitative estimate of drug-likeness (QED) is 0.187. The third kappa shape index (κ3) is 6.95. The van der Waals surface area contributed by atoms with Crippen LogP contribution in [0.3, 0.4) is 0 Å². The van der Waals surface area contributed by atoms with Crippen LogP contribution >= 0.6 is 46.9 Å². The minimum absolute atomic E-state index is 0. The van der Waals surface area contributed by atoms with E-state index in [1.807, 2.05) is 25.2 Å². The molecule has 1 aromatic heterocycles. The van der Waals surface area contributed by atoms with Gasteiger partial charge in [0.1, 0.15) is 11.9 Å². The van der Waals surface area contributed by atoms with Crippen molar-refractivity contribution < 1.29 is 9.13 Å². The number of halogens is 4. The van der Waals surface area contributed by atoms with Gasteiger partial charge in [-0.1, -0.05) is 53.5 Å². The minimum atomic E-state index is -0.268. The van der Waals surface area contributed by atoms with E-state index in [2.05, 4.69) is 69.4 Å². The monoisotopic (exact) mass is 671 g/mol. The fourth-order valence-corrected chi connectivity index (χ4v) is 7.78. The standard InChI is InChI=1S/C35H36Cl2FN3OS.ClH/c1-39-35-40(2)33(22-43-35)25-9-13-29-24(19-25)5-3-6-31(30-14-10-26(36)20-32(30)37)34(29)23-7-11-27(12-8-23)42-28-15-18-41(21-28)17-4-16-38;/h7-14,19-20,22,28H,3-6,15-18,21H2,1-2H3;1H. The van der Waals surface area contributed by atoms with E-state index in [9.17, 15) is 4.39 Å². The first-order valence-electron chi connectivity index (χ1n) is 14.9. The largest absolute Gasteiger partial charge is 0.489 e. The number of aromatic nitrogens is 1. The SMILES string of the molecule is CN=c1scc(-c2ccc3c(c2)CCCC(c2ccc(Cl)cc2Cl)=C3c2ccc(OC3CCN(CCCF)C3)cc2)n1C.Cl. The summed E-state index contributed by atoms with van der Waals surface area (Å²) >= 11 is 14.8. The van der Waals surface area contributed by atoms with E-state index < -0.39 is 0 Å². The molecule has 3 aromatic carbocycles. The van der Waals surface area contributed by atoms with Gasteiger partial charge in [-0.3, -0.25) is 14.3 Å². The summed E-state index contributed by atoms with van der Waals surface area (Å²) in [6.45, 7) is 2.32.